The third-order valence-corrected chi connectivity index (χ3v) is 4.59. The number of hydrogen-bond acceptors (Lipinski definition) is 6. The van der Waals surface area contributed by atoms with Crippen LogP contribution in [0.25, 0.3) is 11.5 Å². The van der Waals surface area contributed by atoms with Crippen LogP contribution in [0.5, 0.6) is 0 Å². The number of nitrogens with zero attached hydrogens (tertiary/aromatic N) is 5. The highest BCUT2D eigenvalue weighted by Gasteiger charge is 2.26. The van der Waals surface area contributed by atoms with Crippen molar-refractivity contribution >= 4 is 0 Å². The van der Waals surface area contributed by atoms with Crippen molar-refractivity contribution in [1.82, 2.24) is 25.0 Å². The Morgan fingerprint density at radius 2 is 2.04 bits per heavy atom. The van der Waals surface area contributed by atoms with Crippen LogP contribution in [0.2, 0.25) is 0 Å². The van der Waals surface area contributed by atoms with Gasteiger partial charge in [-0.15, -0.1) is 0 Å². The number of rotatable bonds is 4. The SMILES string of the molecule is Cc1cc(C2CCCCN2Cc2cnc(-c3ccccn3)nc2)no1. The van der Waals surface area contributed by atoms with E-state index in [1.54, 1.807) is 6.20 Å². The molecule has 0 aromatic carbocycles. The summed E-state index contributed by atoms with van der Waals surface area (Å²) in [7, 11) is 0. The van der Waals surface area contributed by atoms with Gasteiger partial charge < -0.3 is 4.52 Å². The maximum atomic E-state index is 5.27. The zero-order valence-electron chi connectivity index (χ0n) is 14.3. The first-order chi connectivity index (χ1) is 12.3. The van der Waals surface area contributed by atoms with Crippen LogP contribution in [0.1, 0.15) is 42.3 Å². The predicted molar refractivity (Wildman–Crippen MR) is 93.5 cm³/mol. The van der Waals surface area contributed by atoms with Gasteiger partial charge >= 0.3 is 0 Å². The van der Waals surface area contributed by atoms with Crippen LogP contribution in [0.4, 0.5) is 0 Å². The summed E-state index contributed by atoms with van der Waals surface area (Å²) in [6.45, 7) is 3.81. The second-order valence-electron chi connectivity index (χ2n) is 6.47. The summed E-state index contributed by atoms with van der Waals surface area (Å²) in [5.41, 5.74) is 2.93. The molecule has 128 valence electrons. The van der Waals surface area contributed by atoms with E-state index in [-0.39, 0.29) is 0 Å². The van der Waals surface area contributed by atoms with E-state index in [1.165, 1.54) is 12.8 Å². The Kier molecular flexibility index (Phi) is 4.52. The van der Waals surface area contributed by atoms with Gasteiger partial charge in [-0.2, -0.15) is 0 Å². The van der Waals surface area contributed by atoms with Crippen LogP contribution in [0.15, 0.2) is 47.4 Å². The fourth-order valence-electron chi connectivity index (χ4n) is 3.36. The molecule has 0 amide bonds. The van der Waals surface area contributed by atoms with Gasteiger partial charge in [0.1, 0.15) is 17.1 Å². The van der Waals surface area contributed by atoms with Crippen LogP contribution in [0.3, 0.4) is 0 Å². The number of hydrogen-bond donors (Lipinski definition) is 0. The number of aromatic nitrogens is 4. The summed E-state index contributed by atoms with van der Waals surface area (Å²) in [5, 5.41) is 4.23. The van der Waals surface area contributed by atoms with Gasteiger partial charge in [-0.05, 0) is 38.4 Å². The van der Waals surface area contributed by atoms with Gasteiger partial charge in [0.05, 0.1) is 6.04 Å². The van der Waals surface area contributed by atoms with E-state index >= 15 is 0 Å². The van der Waals surface area contributed by atoms with Crippen LogP contribution >= 0.6 is 0 Å². The minimum absolute atomic E-state index is 0.307. The van der Waals surface area contributed by atoms with Gasteiger partial charge in [0.15, 0.2) is 5.82 Å². The second kappa shape index (κ2) is 7.11. The normalized spacial score (nSPS) is 18.4. The average Bonchev–Trinajstić information content (AvgIpc) is 3.10. The second-order valence-corrected chi connectivity index (χ2v) is 6.47. The van der Waals surface area contributed by atoms with Crippen molar-refractivity contribution in [3.63, 3.8) is 0 Å². The van der Waals surface area contributed by atoms with Crippen molar-refractivity contribution in [3.8, 4) is 11.5 Å². The van der Waals surface area contributed by atoms with E-state index in [4.69, 9.17) is 4.52 Å². The molecule has 0 N–H and O–H groups in total. The maximum absolute atomic E-state index is 5.27. The average molecular weight is 335 g/mol. The Bertz CT molecular complexity index is 815. The summed E-state index contributed by atoms with van der Waals surface area (Å²) in [5.74, 6) is 1.52. The molecule has 1 saturated heterocycles. The highest BCUT2D eigenvalue weighted by Crippen LogP contribution is 2.31. The lowest BCUT2D eigenvalue weighted by atomic mass is 9.98. The highest BCUT2D eigenvalue weighted by molar-refractivity contribution is 5.47. The third kappa shape index (κ3) is 3.58. The van der Waals surface area contributed by atoms with Crippen molar-refractivity contribution in [2.45, 2.75) is 38.8 Å². The zero-order valence-corrected chi connectivity index (χ0v) is 14.3. The van der Waals surface area contributed by atoms with Crippen LogP contribution < -0.4 is 0 Å². The standard InChI is InChI=1S/C19H21N5O/c1-14-10-17(23-25-14)18-7-3-5-9-24(18)13-15-11-21-19(22-12-15)16-6-2-4-8-20-16/h2,4,6,8,10-12,18H,3,5,7,9,13H2,1H3. The van der Waals surface area contributed by atoms with Crippen LogP contribution in [-0.2, 0) is 6.54 Å². The van der Waals surface area contributed by atoms with Crippen molar-refractivity contribution in [2.75, 3.05) is 6.54 Å². The van der Waals surface area contributed by atoms with E-state index in [9.17, 15) is 0 Å². The lowest BCUT2D eigenvalue weighted by Crippen LogP contribution is -2.33. The van der Waals surface area contributed by atoms with Gasteiger partial charge in [0.25, 0.3) is 0 Å². The molecule has 4 heterocycles. The molecule has 4 rings (SSSR count). The van der Waals surface area contributed by atoms with Crippen LogP contribution in [0, 0.1) is 6.92 Å². The summed E-state index contributed by atoms with van der Waals surface area (Å²) in [6, 6.07) is 8.10. The van der Waals surface area contributed by atoms with E-state index in [0.717, 1.165) is 42.2 Å². The lowest BCUT2D eigenvalue weighted by molar-refractivity contribution is 0.133. The molecule has 1 fully saturated rings. The molecule has 3 aromatic heterocycles. The summed E-state index contributed by atoms with van der Waals surface area (Å²) in [4.78, 5) is 15.7. The smallest absolute Gasteiger partial charge is 0.178 e. The Balaban J connectivity index is 1.50. The monoisotopic (exact) mass is 335 g/mol. The molecule has 0 aliphatic carbocycles. The largest absolute Gasteiger partial charge is 0.361 e. The minimum Gasteiger partial charge on any atom is -0.361 e. The molecule has 0 bridgehead atoms. The van der Waals surface area contributed by atoms with E-state index in [2.05, 4.69) is 25.0 Å². The van der Waals surface area contributed by atoms with Crippen molar-refractivity contribution in [1.29, 1.82) is 0 Å². The summed E-state index contributed by atoms with van der Waals surface area (Å²) < 4.78 is 5.27. The van der Waals surface area contributed by atoms with Gasteiger partial charge in [-0.1, -0.05) is 17.6 Å². The number of piperidine rings is 1. The molecule has 0 radical (unpaired) electrons. The fourth-order valence-corrected chi connectivity index (χ4v) is 3.36. The Labute approximate surface area is 146 Å². The molecule has 0 spiro atoms. The Morgan fingerprint density at radius 1 is 1.16 bits per heavy atom. The Morgan fingerprint density at radius 3 is 2.76 bits per heavy atom. The molecule has 25 heavy (non-hydrogen) atoms. The molecule has 0 saturated carbocycles. The minimum atomic E-state index is 0.307. The molecule has 1 aliphatic rings. The van der Waals surface area contributed by atoms with Gasteiger partial charge in [0.2, 0.25) is 0 Å². The van der Waals surface area contributed by atoms with Crippen molar-refractivity contribution in [3.05, 3.63) is 59.9 Å². The molecule has 6 heteroatoms. The quantitative estimate of drug-likeness (QED) is 0.726. The first kappa shape index (κ1) is 15.9. The molecule has 1 unspecified atom stereocenters. The number of pyridine rings is 1. The Hall–Kier alpha value is -2.60. The van der Waals surface area contributed by atoms with E-state index in [0.29, 0.717) is 11.9 Å². The zero-order chi connectivity index (χ0) is 17.1. The topological polar surface area (TPSA) is 67.9 Å². The summed E-state index contributed by atoms with van der Waals surface area (Å²) >= 11 is 0. The summed E-state index contributed by atoms with van der Waals surface area (Å²) in [6.07, 6.45) is 9.10. The van der Waals surface area contributed by atoms with Gasteiger partial charge in [-0.3, -0.25) is 9.88 Å². The number of aryl methyl sites for hydroxylation is 1. The predicted octanol–water partition coefficient (Wildman–Crippen LogP) is 3.56. The molecular formula is C19H21N5O. The van der Waals surface area contributed by atoms with Gasteiger partial charge in [0, 0.05) is 36.8 Å². The van der Waals surface area contributed by atoms with E-state index in [1.807, 2.05) is 43.6 Å². The molecule has 1 atom stereocenters. The molecule has 6 nitrogen and oxygen atoms in total. The maximum Gasteiger partial charge on any atom is 0.178 e. The van der Waals surface area contributed by atoms with Crippen molar-refractivity contribution < 1.29 is 4.52 Å². The first-order valence-corrected chi connectivity index (χ1v) is 8.69. The fraction of sp³-hybridized carbons (Fsp3) is 0.368. The molecule has 1 aliphatic heterocycles. The lowest BCUT2D eigenvalue weighted by Gasteiger charge is -2.34. The van der Waals surface area contributed by atoms with E-state index < -0.39 is 0 Å². The highest BCUT2D eigenvalue weighted by atomic mass is 16.5. The first-order valence-electron chi connectivity index (χ1n) is 8.69. The number of likely N-dealkylation sites (tertiary alicyclic amines) is 1. The molecular weight excluding hydrogens is 314 g/mol. The van der Waals surface area contributed by atoms with Crippen LogP contribution in [-0.4, -0.2) is 31.6 Å². The van der Waals surface area contributed by atoms with Gasteiger partial charge in [-0.25, -0.2) is 9.97 Å². The third-order valence-electron chi connectivity index (χ3n) is 4.59. The van der Waals surface area contributed by atoms with Crippen molar-refractivity contribution in [2.24, 2.45) is 0 Å². The molecule has 3 aromatic rings.